The van der Waals surface area contributed by atoms with Crippen molar-refractivity contribution in [2.75, 3.05) is 27.4 Å². The van der Waals surface area contributed by atoms with E-state index in [0.717, 1.165) is 0 Å². The third-order valence-corrected chi connectivity index (χ3v) is 6.63. The van der Waals surface area contributed by atoms with Crippen LogP contribution in [0, 0.1) is 0 Å². The fraction of sp³-hybridized carbons (Fsp3) is 0.364. The minimum Gasteiger partial charge on any atom is -0.496 e. The number of amides is 3. The number of methoxy groups -OCH3 is 2. The van der Waals surface area contributed by atoms with Crippen LogP contribution in [0.25, 0.3) is 0 Å². The van der Waals surface area contributed by atoms with Crippen molar-refractivity contribution in [2.45, 2.75) is 30.7 Å². The lowest BCUT2D eigenvalue weighted by Crippen LogP contribution is -2.43. The SMILES string of the molecule is CCCNC(=O)NS(=O)(=O)c1cc2c(cc1OC)OCC(NC(=O)c1cc(Cl)ccc1OC)C2. The maximum Gasteiger partial charge on any atom is 0.328 e. The first kappa shape index (κ1) is 25.4. The van der Waals surface area contributed by atoms with Crippen LogP contribution in [0.5, 0.6) is 17.2 Å². The Bertz CT molecular complexity index is 1190. The lowest BCUT2D eigenvalue weighted by atomic mass is 10.0. The first-order chi connectivity index (χ1) is 16.2. The van der Waals surface area contributed by atoms with E-state index in [1.807, 2.05) is 11.6 Å². The van der Waals surface area contributed by atoms with E-state index in [2.05, 4.69) is 10.6 Å². The maximum atomic E-state index is 12.8. The Morgan fingerprint density at radius 2 is 1.88 bits per heavy atom. The summed E-state index contributed by atoms with van der Waals surface area (Å²) in [5, 5.41) is 5.69. The zero-order valence-corrected chi connectivity index (χ0v) is 20.5. The van der Waals surface area contributed by atoms with Crippen molar-refractivity contribution in [1.82, 2.24) is 15.4 Å². The molecule has 3 rings (SSSR count). The Hall–Kier alpha value is -3.18. The normalized spacial score (nSPS) is 14.9. The zero-order valence-electron chi connectivity index (χ0n) is 18.9. The molecule has 0 saturated carbocycles. The molecule has 3 amide bonds. The summed E-state index contributed by atoms with van der Waals surface area (Å²) in [6.45, 7) is 2.34. The van der Waals surface area contributed by atoms with Crippen LogP contribution in [0.4, 0.5) is 4.79 Å². The van der Waals surface area contributed by atoms with Gasteiger partial charge in [-0.15, -0.1) is 0 Å². The van der Waals surface area contributed by atoms with Gasteiger partial charge in [0.05, 0.1) is 25.8 Å². The number of urea groups is 1. The number of ether oxygens (including phenoxy) is 3. The predicted molar refractivity (Wildman–Crippen MR) is 125 cm³/mol. The van der Waals surface area contributed by atoms with E-state index in [4.69, 9.17) is 25.8 Å². The van der Waals surface area contributed by atoms with E-state index in [1.54, 1.807) is 12.1 Å². The quantitative estimate of drug-likeness (QED) is 0.496. The van der Waals surface area contributed by atoms with Crippen molar-refractivity contribution in [1.29, 1.82) is 0 Å². The van der Waals surface area contributed by atoms with Crippen molar-refractivity contribution in [3.8, 4) is 17.2 Å². The highest BCUT2D eigenvalue weighted by Crippen LogP contribution is 2.35. The van der Waals surface area contributed by atoms with Crippen LogP contribution in [0.1, 0.15) is 29.3 Å². The minimum absolute atomic E-state index is 0.0284. The first-order valence-corrected chi connectivity index (χ1v) is 12.3. The summed E-state index contributed by atoms with van der Waals surface area (Å²) in [5.74, 6) is 0.411. The van der Waals surface area contributed by atoms with E-state index in [0.29, 0.717) is 41.5 Å². The number of halogens is 1. The molecule has 12 heteroatoms. The number of carbonyl (C=O) groups excluding carboxylic acids is 2. The summed E-state index contributed by atoms with van der Waals surface area (Å²) < 4.78 is 43.8. The van der Waals surface area contributed by atoms with Gasteiger partial charge < -0.3 is 24.8 Å². The lowest BCUT2D eigenvalue weighted by Gasteiger charge is -2.27. The van der Waals surface area contributed by atoms with Gasteiger partial charge in [-0.25, -0.2) is 17.9 Å². The fourth-order valence-electron chi connectivity index (χ4n) is 3.43. The molecule has 1 heterocycles. The highest BCUT2D eigenvalue weighted by atomic mass is 35.5. The van der Waals surface area contributed by atoms with Crippen LogP contribution in [0.15, 0.2) is 35.2 Å². The van der Waals surface area contributed by atoms with Crippen LogP contribution in [-0.4, -0.2) is 53.8 Å². The molecule has 0 saturated heterocycles. The Morgan fingerprint density at radius 3 is 2.56 bits per heavy atom. The molecule has 2 aromatic rings. The van der Waals surface area contributed by atoms with E-state index in [-0.39, 0.29) is 22.8 Å². The molecule has 10 nitrogen and oxygen atoms in total. The van der Waals surface area contributed by atoms with Crippen LogP contribution >= 0.6 is 11.6 Å². The number of carbonyl (C=O) groups is 2. The summed E-state index contributed by atoms with van der Waals surface area (Å²) in [5.41, 5.74) is 0.797. The number of benzene rings is 2. The van der Waals surface area contributed by atoms with Crippen LogP contribution in [-0.2, 0) is 16.4 Å². The fourth-order valence-corrected chi connectivity index (χ4v) is 4.73. The largest absolute Gasteiger partial charge is 0.496 e. The van der Waals surface area contributed by atoms with Gasteiger partial charge in [0.2, 0.25) is 0 Å². The van der Waals surface area contributed by atoms with E-state index >= 15 is 0 Å². The van der Waals surface area contributed by atoms with Gasteiger partial charge >= 0.3 is 6.03 Å². The molecule has 1 unspecified atom stereocenters. The van der Waals surface area contributed by atoms with Crippen molar-refractivity contribution < 1.29 is 32.2 Å². The molecule has 0 radical (unpaired) electrons. The van der Waals surface area contributed by atoms with E-state index < -0.39 is 28.0 Å². The number of sulfonamides is 1. The Labute approximate surface area is 203 Å². The standard InChI is InChI=1S/C22H26ClN3O7S/c1-4-7-24-22(28)26-34(29,30)20-9-13-8-15(12-33-18(13)11-19(20)32-3)25-21(27)16-10-14(23)5-6-17(16)31-2/h5-6,9-11,15H,4,7-8,12H2,1-3H3,(H,25,27)(H2,24,26,28). The number of nitrogens with one attached hydrogen (secondary N) is 3. The minimum atomic E-state index is -4.22. The molecule has 34 heavy (non-hydrogen) atoms. The highest BCUT2D eigenvalue weighted by molar-refractivity contribution is 7.90. The summed E-state index contributed by atoms with van der Waals surface area (Å²) >= 11 is 6.02. The molecule has 184 valence electrons. The third-order valence-electron chi connectivity index (χ3n) is 5.05. The number of fused-ring (bicyclic) bond motifs is 1. The van der Waals surface area contributed by atoms with E-state index in [1.165, 1.54) is 32.4 Å². The van der Waals surface area contributed by atoms with Crippen molar-refractivity contribution >= 4 is 33.6 Å². The van der Waals surface area contributed by atoms with E-state index in [9.17, 15) is 18.0 Å². The molecule has 1 atom stereocenters. The number of hydrogen-bond donors (Lipinski definition) is 3. The second kappa shape index (κ2) is 10.8. The monoisotopic (exact) mass is 511 g/mol. The van der Waals surface area contributed by atoms with Gasteiger partial charge in [0, 0.05) is 17.6 Å². The van der Waals surface area contributed by atoms with Gasteiger partial charge in [-0.3, -0.25) is 4.79 Å². The first-order valence-electron chi connectivity index (χ1n) is 10.5. The van der Waals surface area contributed by atoms with Gasteiger partial charge in [-0.2, -0.15) is 0 Å². The van der Waals surface area contributed by atoms with Gasteiger partial charge in [0.1, 0.15) is 28.8 Å². The molecule has 0 fully saturated rings. The average Bonchev–Trinajstić information content (AvgIpc) is 2.81. The molecular formula is C22H26ClN3O7S. The van der Waals surface area contributed by atoms with Crippen LogP contribution < -0.4 is 29.6 Å². The molecule has 1 aliphatic rings. The summed E-state index contributed by atoms with van der Waals surface area (Å²) in [4.78, 5) is 24.5. The second-order valence-corrected chi connectivity index (χ2v) is 9.59. The van der Waals surface area contributed by atoms with Gasteiger partial charge in [-0.05, 0) is 42.7 Å². The zero-order chi connectivity index (χ0) is 24.9. The third kappa shape index (κ3) is 5.84. The summed E-state index contributed by atoms with van der Waals surface area (Å²) in [6.07, 6.45) is 0.944. The second-order valence-electron chi connectivity index (χ2n) is 7.50. The topological polar surface area (TPSA) is 132 Å². The van der Waals surface area contributed by atoms with Crippen LogP contribution in [0.2, 0.25) is 5.02 Å². The lowest BCUT2D eigenvalue weighted by molar-refractivity contribution is 0.0912. The smallest absolute Gasteiger partial charge is 0.328 e. The van der Waals surface area contributed by atoms with Crippen molar-refractivity contribution in [2.24, 2.45) is 0 Å². The predicted octanol–water partition coefficient (Wildman–Crippen LogP) is 2.49. The molecule has 2 aromatic carbocycles. The Balaban J connectivity index is 1.82. The maximum absolute atomic E-state index is 12.8. The molecule has 0 spiro atoms. The van der Waals surface area contributed by atoms with Crippen molar-refractivity contribution in [3.05, 3.63) is 46.5 Å². The summed E-state index contributed by atoms with van der Waals surface area (Å²) in [6, 6.07) is 6.25. The van der Waals surface area contributed by atoms with Gasteiger partial charge in [0.15, 0.2) is 0 Å². The van der Waals surface area contributed by atoms with Gasteiger partial charge in [0.25, 0.3) is 15.9 Å². The molecule has 3 N–H and O–H groups in total. The highest BCUT2D eigenvalue weighted by Gasteiger charge is 2.29. The Kier molecular flexibility index (Phi) is 8.11. The molecular weight excluding hydrogens is 486 g/mol. The van der Waals surface area contributed by atoms with Gasteiger partial charge in [-0.1, -0.05) is 18.5 Å². The average molecular weight is 512 g/mol. The van der Waals surface area contributed by atoms with Crippen molar-refractivity contribution in [3.63, 3.8) is 0 Å². The summed E-state index contributed by atoms with van der Waals surface area (Å²) in [7, 11) is -1.45. The number of rotatable bonds is 8. The van der Waals surface area contributed by atoms with Crippen LogP contribution in [0.3, 0.4) is 0 Å². The molecule has 0 aliphatic carbocycles. The number of hydrogen-bond acceptors (Lipinski definition) is 7. The molecule has 1 aliphatic heterocycles. The molecule has 0 bridgehead atoms. The Morgan fingerprint density at radius 1 is 1.15 bits per heavy atom. The molecule has 0 aromatic heterocycles.